The first kappa shape index (κ1) is 28.6. The minimum absolute atomic E-state index is 0.598. The van der Waals surface area contributed by atoms with Crippen molar-refractivity contribution in [2.24, 2.45) is 0 Å². The molecule has 0 aliphatic carbocycles. The monoisotopic (exact) mass is 657 g/mol. The molecule has 0 aliphatic rings. The van der Waals surface area contributed by atoms with Gasteiger partial charge in [0.25, 0.3) is 0 Å². The lowest BCUT2D eigenvalue weighted by Gasteiger charge is -2.11. The molecule has 5 heteroatoms. The van der Waals surface area contributed by atoms with Crippen LogP contribution in [0.3, 0.4) is 0 Å². The van der Waals surface area contributed by atoms with Gasteiger partial charge in [0.15, 0.2) is 17.5 Å². The number of benzene rings is 7. The molecule has 4 nitrogen and oxygen atoms in total. The summed E-state index contributed by atoms with van der Waals surface area (Å²) in [6, 6.07) is 56.8. The van der Waals surface area contributed by atoms with Crippen LogP contribution in [0.4, 0.5) is 0 Å². The Kier molecular flexibility index (Phi) is 6.64. The number of fused-ring (bicyclic) bond motifs is 6. The molecular formula is C45H27N3OS. The van der Waals surface area contributed by atoms with E-state index in [9.17, 15) is 0 Å². The Morgan fingerprint density at radius 2 is 0.940 bits per heavy atom. The van der Waals surface area contributed by atoms with Crippen LogP contribution in [-0.4, -0.2) is 15.0 Å². The van der Waals surface area contributed by atoms with E-state index in [2.05, 4.69) is 109 Å². The number of aromatic nitrogens is 3. The normalized spacial score (nSPS) is 11.6. The van der Waals surface area contributed by atoms with Crippen molar-refractivity contribution in [1.82, 2.24) is 15.0 Å². The molecule has 0 radical (unpaired) electrons. The van der Waals surface area contributed by atoms with Gasteiger partial charge in [0.05, 0.1) is 0 Å². The van der Waals surface area contributed by atoms with Gasteiger partial charge in [-0.3, -0.25) is 0 Å². The summed E-state index contributed by atoms with van der Waals surface area (Å²) in [4.78, 5) is 15.5. The zero-order chi connectivity index (χ0) is 33.0. The van der Waals surface area contributed by atoms with E-state index in [0.717, 1.165) is 54.5 Å². The summed E-state index contributed by atoms with van der Waals surface area (Å²) in [5.41, 5.74) is 9.12. The predicted molar refractivity (Wildman–Crippen MR) is 207 cm³/mol. The van der Waals surface area contributed by atoms with Crippen LogP contribution in [0.2, 0.25) is 0 Å². The van der Waals surface area contributed by atoms with Gasteiger partial charge in [-0.15, -0.1) is 11.3 Å². The van der Waals surface area contributed by atoms with Crippen LogP contribution < -0.4 is 0 Å². The molecular weight excluding hydrogens is 631 g/mol. The van der Waals surface area contributed by atoms with Gasteiger partial charge in [0.1, 0.15) is 11.2 Å². The molecule has 0 aliphatic heterocycles. The van der Waals surface area contributed by atoms with Gasteiger partial charge in [-0.2, -0.15) is 0 Å². The van der Waals surface area contributed by atoms with Crippen LogP contribution in [0.5, 0.6) is 0 Å². The van der Waals surface area contributed by atoms with Gasteiger partial charge in [0, 0.05) is 47.6 Å². The second-order valence-electron chi connectivity index (χ2n) is 12.4. The SMILES string of the molecule is c1ccc(-c2cc(-c3nc(-c4ccccc4)nc(-c4ccc5c(c4)oc4ccccc45)n3)c3sc4c(-c5ccccc5)cccc4c3c2)cc1. The summed E-state index contributed by atoms with van der Waals surface area (Å²) in [6.45, 7) is 0. The largest absolute Gasteiger partial charge is 0.456 e. The fourth-order valence-corrected chi connectivity index (χ4v) is 8.24. The molecule has 0 bridgehead atoms. The third-order valence-electron chi connectivity index (χ3n) is 9.34. The fourth-order valence-electron chi connectivity index (χ4n) is 6.92. The Bertz CT molecular complexity index is 2860. The smallest absolute Gasteiger partial charge is 0.165 e. The highest BCUT2D eigenvalue weighted by atomic mass is 32.1. The Hall–Kier alpha value is -6.43. The predicted octanol–water partition coefficient (Wildman–Crippen LogP) is 12.5. The first-order chi connectivity index (χ1) is 24.8. The number of hydrogen-bond acceptors (Lipinski definition) is 5. The molecule has 0 amide bonds. The maximum absolute atomic E-state index is 6.28. The molecule has 0 unspecified atom stereocenters. The first-order valence-corrected chi connectivity index (χ1v) is 17.4. The minimum Gasteiger partial charge on any atom is -0.456 e. The molecule has 0 spiro atoms. The molecule has 0 saturated carbocycles. The lowest BCUT2D eigenvalue weighted by atomic mass is 9.97. The molecule has 10 rings (SSSR count). The second kappa shape index (κ2) is 11.6. The average Bonchev–Trinajstić information content (AvgIpc) is 3.76. The van der Waals surface area contributed by atoms with Crippen molar-refractivity contribution in [2.45, 2.75) is 0 Å². The van der Waals surface area contributed by atoms with Crippen molar-refractivity contribution in [2.75, 3.05) is 0 Å². The number of rotatable bonds is 5. The maximum Gasteiger partial charge on any atom is 0.165 e. The van der Waals surface area contributed by atoms with Crippen LogP contribution in [0, 0.1) is 0 Å². The standard InChI is InChI=1S/C45H27N3OS/c1-4-13-28(14-5-1)32-25-37-36-21-12-20-33(29-15-6-2-7-16-29)41(36)50-42(37)38(26-32)45-47-43(30-17-8-3-9-18-30)46-44(48-45)31-23-24-35-34-19-10-11-22-39(34)49-40(35)27-31/h1-27H. The lowest BCUT2D eigenvalue weighted by Crippen LogP contribution is -2.00. The number of furan rings is 1. The highest BCUT2D eigenvalue weighted by molar-refractivity contribution is 7.26. The van der Waals surface area contributed by atoms with Crippen molar-refractivity contribution in [3.8, 4) is 56.4 Å². The van der Waals surface area contributed by atoms with E-state index in [4.69, 9.17) is 19.4 Å². The summed E-state index contributed by atoms with van der Waals surface area (Å²) in [7, 11) is 0. The lowest BCUT2D eigenvalue weighted by molar-refractivity contribution is 0.669. The second-order valence-corrected chi connectivity index (χ2v) is 13.4. The van der Waals surface area contributed by atoms with Gasteiger partial charge < -0.3 is 4.42 Å². The molecule has 3 aromatic heterocycles. The van der Waals surface area contributed by atoms with Gasteiger partial charge in [-0.05, 0) is 52.6 Å². The van der Waals surface area contributed by atoms with Crippen molar-refractivity contribution < 1.29 is 4.42 Å². The fraction of sp³-hybridized carbons (Fsp3) is 0. The van der Waals surface area contributed by atoms with Crippen molar-refractivity contribution in [3.05, 3.63) is 164 Å². The highest BCUT2D eigenvalue weighted by Gasteiger charge is 2.20. The summed E-state index contributed by atoms with van der Waals surface area (Å²) in [5.74, 6) is 1.86. The topological polar surface area (TPSA) is 51.8 Å². The van der Waals surface area contributed by atoms with Gasteiger partial charge in [0.2, 0.25) is 0 Å². The van der Waals surface area contributed by atoms with Crippen LogP contribution in [-0.2, 0) is 0 Å². The molecule has 3 heterocycles. The van der Waals surface area contributed by atoms with Gasteiger partial charge >= 0.3 is 0 Å². The molecule has 7 aromatic carbocycles. The zero-order valence-corrected chi connectivity index (χ0v) is 27.6. The van der Waals surface area contributed by atoms with E-state index in [0.29, 0.717) is 17.5 Å². The molecule has 0 saturated heterocycles. The quantitative estimate of drug-likeness (QED) is 0.185. The number of nitrogens with zero attached hydrogens (tertiary/aromatic N) is 3. The van der Waals surface area contributed by atoms with E-state index in [1.54, 1.807) is 11.3 Å². The van der Waals surface area contributed by atoms with E-state index in [1.165, 1.54) is 26.6 Å². The van der Waals surface area contributed by atoms with E-state index in [-0.39, 0.29) is 0 Å². The van der Waals surface area contributed by atoms with Crippen LogP contribution in [0.25, 0.3) is 98.5 Å². The third-order valence-corrected chi connectivity index (χ3v) is 10.6. The number of thiophene rings is 1. The Balaban J connectivity index is 1.25. The van der Waals surface area contributed by atoms with Crippen LogP contribution in [0.15, 0.2) is 168 Å². The number of para-hydroxylation sites is 1. The zero-order valence-electron chi connectivity index (χ0n) is 26.7. The van der Waals surface area contributed by atoms with Crippen LogP contribution >= 0.6 is 11.3 Å². The van der Waals surface area contributed by atoms with Crippen molar-refractivity contribution >= 4 is 53.4 Å². The summed E-state index contributed by atoms with van der Waals surface area (Å²) in [5, 5.41) is 4.57. The first-order valence-electron chi connectivity index (χ1n) is 16.6. The third kappa shape index (κ3) is 4.79. The van der Waals surface area contributed by atoms with E-state index >= 15 is 0 Å². The molecule has 10 aromatic rings. The van der Waals surface area contributed by atoms with Crippen molar-refractivity contribution in [1.29, 1.82) is 0 Å². The molecule has 0 atom stereocenters. The molecule has 0 fully saturated rings. The van der Waals surface area contributed by atoms with Gasteiger partial charge in [-0.1, -0.05) is 133 Å². The van der Waals surface area contributed by atoms with Crippen LogP contribution in [0.1, 0.15) is 0 Å². The van der Waals surface area contributed by atoms with Gasteiger partial charge in [-0.25, -0.2) is 15.0 Å². The minimum atomic E-state index is 0.598. The molecule has 50 heavy (non-hydrogen) atoms. The summed E-state index contributed by atoms with van der Waals surface area (Å²) >= 11 is 1.80. The van der Waals surface area contributed by atoms with Crippen molar-refractivity contribution in [3.63, 3.8) is 0 Å². The summed E-state index contributed by atoms with van der Waals surface area (Å²) < 4.78 is 8.67. The summed E-state index contributed by atoms with van der Waals surface area (Å²) in [6.07, 6.45) is 0. The molecule has 0 N–H and O–H groups in total. The Morgan fingerprint density at radius 1 is 0.340 bits per heavy atom. The van der Waals surface area contributed by atoms with E-state index < -0.39 is 0 Å². The van der Waals surface area contributed by atoms with E-state index in [1.807, 2.05) is 54.6 Å². The Labute approximate surface area is 292 Å². The average molecular weight is 658 g/mol. The number of hydrogen-bond donors (Lipinski definition) is 0. The molecule has 234 valence electrons. The maximum atomic E-state index is 6.28. The highest BCUT2D eigenvalue weighted by Crippen LogP contribution is 2.45. The Morgan fingerprint density at radius 3 is 1.72 bits per heavy atom.